The second kappa shape index (κ2) is 7.59. The van der Waals surface area contributed by atoms with Crippen LogP contribution in [0.5, 0.6) is 0 Å². The molecule has 1 N–H and O–H groups in total. The van der Waals surface area contributed by atoms with Crippen molar-refractivity contribution >= 4 is 11.9 Å². The highest BCUT2D eigenvalue weighted by atomic mass is 16.7. The van der Waals surface area contributed by atoms with Crippen LogP contribution in [-0.2, 0) is 25.6 Å². The Morgan fingerprint density at radius 3 is 2.74 bits per heavy atom. The maximum absolute atomic E-state index is 11.9. The van der Waals surface area contributed by atoms with Crippen LogP contribution in [0.25, 0.3) is 0 Å². The predicted octanol–water partition coefficient (Wildman–Crippen LogP) is 2.54. The molecule has 1 aromatic rings. The second-order valence-electron chi connectivity index (χ2n) is 6.36. The number of epoxide rings is 1. The van der Waals surface area contributed by atoms with Crippen LogP contribution in [-0.4, -0.2) is 24.1 Å². The topological polar surface area (TPSA) is 67.9 Å². The number of ether oxygens (including phenoxy) is 1. The molecule has 0 bridgehead atoms. The first kappa shape index (κ1) is 16.0. The standard InChI is InChI=1S/C18H23NO4/c20-17(9-5-4-8-13-6-2-1-3-7-13)19-23-18(21)14-10-11-15-16(12-14)22-15/h1-3,6-7,14-16H,4-5,8-12H2,(H,19,20). The molecule has 1 aliphatic heterocycles. The number of rotatable bonds is 6. The van der Waals surface area contributed by atoms with Gasteiger partial charge in [-0.25, -0.2) is 4.79 Å². The van der Waals surface area contributed by atoms with Crippen molar-refractivity contribution in [2.75, 3.05) is 0 Å². The molecule has 3 atom stereocenters. The zero-order valence-corrected chi connectivity index (χ0v) is 13.2. The van der Waals surface area contributed by atoms with Gasteiger partial charge in [0.05, 0.1) is 18.1 Å². The molecule has 1 saturated carbocycles. The van der Waals surface area contributed by atoms with Crippen LogP contribution in [0.4, 0.5) is 0 Å². The number of unbranched alkanes of at least 4 members (excludes halogenated alkanes) is 1. The van der Waals surface area contributed by atoms with Crippen LogP contribution in [0.3, 0.4) is 0 Å². The second-order valence-corrected chi connectivity index (χ2v) is 6.36. The Bertz CT molecular complexity index is 545. The molecule has 5 nitrogen and oxygen atoms in total. The Labute approximate surface area is 136 Å². The highest BCUT2D eigenvalue weighted by molar-refractivity contribution is 5.78. The summed E-state index contributed by atoms with van der Waals surface area (Å²) in [7, 11) is 0. The first-order valence-electron chi connectivity index (χ1n) is 8.41. The van der Waals surface area contributed by atoms with Crippen LogP contribution < -0.4 is 5.48 Å². The summed E-state index contributed by atoms with van der Waals surface area (Å²) < 4.78 is 5.39. The minimum Gasteiger partial charge on any atom is -0.370 e. The van der Waals surface area contributed by atoms with Crippen LogP contribution in [0.2, 0.25) is 0 Å². The van der Waals surface area contributed by atoms with Crippen molar-refractivity contribution in [2.45, 2.75) is 57.2 Å². The molecule has 0 spiro atoms. The molecular formula is C18H23NO4. The third-order valence-electron chi connectivity index (χ3n) is 4.57. The molecule has 1 aliphatic carbocycles. The molecule has 1 heterocycles. The van der Waals surface area contributed by atoms with Gasteiger partial charge in [0.25, 0.3) is 5.91 Å². The molecule has 3 unspecified atom stereocenters. The lowest BCUT2D eigenvalue weighted by Gasteiger charge is -2.16. The predicted molar refractivity (Wildman–Crippen MR) is 84.2 cm³/mol. The number of carbonyl (C=O) groups is 2. The lowest BCUT2D eigenvalue weighted by molar-refractivity contribution is -0.163. The minimum atomic E-state index is -0.336. The van der Waals surface area contributed by atoms with Crippen molar-refractivity contribution in [1.82, 2.24) is 5.48 Å². The molecule has 3 rings (SSSR count). The summed E-state index contributed by atoms with van der Waals surface area (Å²) in [6.07, 6.45) is 6.06. The van der Waals surface area contributed by atoms with Crippen molar-refractivity contribution in [3.8, 4) is 0 Å². The van der Waals surface area contributed by atoms with E-state index in [1.807, 2.05) is 18.2 Å². The summed E-state index contributed by atoms with van der Waals surface area (Å²) in [5.74, 6) is -0.712. The molecular weight excluding hydrogens is 294 g/mol. The fourth-order valence-corrected chi connectivity index (χ4v) is 3.12. The summed E-state index contributed by atoms with van der Waals surface area (Å²) in [5.41, 5.74) is 3.55. The lowest BCUT2D eigenvalue weighted by atomic mass is 9.89. The van der Waals surface area contributed by atoms with Gasteiger partial charge in [-0.2, -0.15) is 5.48 Å². The number of hydrogen-bond acceptors (Lipinski definition) is 4. The van der Waals surface area contributed by atoms with E-state index in [1.54, 1.807) is 0 Å². The van der Waals surface area contributed by atoms with Crippen molar-refractivity contribution in [1.29, 1.82) is 0 Å². The third-order valence-corrected chi connectivity index (χ3v) is 4.57. The van der Waals surface area contributed by atoms with Gasteiger partial charge >= 0.3 is 5.97 Å². The number of aryl methyl sites for hydroxylation is 1. The van der Waals surface area contributed by atoms with Gasteiger partial charge < -0.3 is 9.57 Å². The van der Waals surface area contributed by atoms with Crippen molar-refractivity contribution in [2.24, 2.45) is 5.92 Å². The van der Waals surface area contributed by atoms with Gasteiger partial charge in [0.2, 0.25) is 0 Å². The Morgan fingerprint density at radius 2 is 1.96 bits per heavy atom. The first-order valence-corrected chi connectivity index (χ1v) is 8.41. The van der Waals surface area contributed by atoms with Crippen LogP contribution in [0.1, 0.15) is 44.1 Å². The molecule has 0 aromatic heterocycles. The molecule has 23 heavy (non-hydrogen) atoms. The van der Waals surface area contributed by atoms with Crippen LogP contribution in [0.15, 0.2) is 30.3 Å². The van der Waals surface area contributed by atoms with Crippen LogP contribution in [0, 0.1) is 5.92 Å². The Morgan fingerprint density at radius 1 is 1.13 bits per heavy atom. The van der Waals surface area contributed by atoms with E-state index in [2.05, 4.69) is 17.6 Å². The fourth-order valence-electron chi connectivity index (χ4n) is 3.12. The lowest BCUT2D eigenvalue weighted by Crippen LogP contribution is -2.32. The molecule has 124 valence electrons. The number of hydroxylamine groups is 1. The van der Waals surface area contributed by atoms with Crippen molar-refractivity contribution in [3.63, 3.8) is 0 Å². The molecule has 1 amide bonds. The summed E-state index contributed by atoms with van der Waals surface area (Å²) in [6.45, 7) is 0. The zero-order chi connectivity index (χ0) is 16.1. The first-order chi connectivity index (χ1) is 11.2. The molecule has 1 aromatic carbocycles. The number of fused-ring (bicyclic) bond motifs is 1. The molecule has 5 heteroatoms. The quantitative estimate of drug-likeness (QED) is 0.497. The minimum absolute atomic E-state index is 0.142. The largest absolute Gasteiger partial charge is 0.370 e. The van der Waals surface area contributed by atoms with Gasteiger partial charge in [-0.1, -0.05) is 30.3 Å². The number of carbonyl (C=O) groups excluding carboxylic acids is 2. The number of hydrogen-bond donors (Lipinski definition) is 1. The van der Waals surface area contributed by atoms with Crippen molar-refractivity contribution in [3.05, 3.63) is 35.9 Å². The van der Waals surface area contributed by atoms with Gasteiger partial charge in [-0.05, 0) is 44.1 Å². The van der Waals surface area contributed by atoms with E-state index < -0.39 is 0 Å². The van der Waals surface area contributed by atoms with E-state index in [9.17, 15) is 9.59 Å². The SMILES string of the molecule is O=C(CCCCc1ccccc1)NOC(=O)C1CCC2OC2C1. The van der Waals surface area contributed by atoms with E-state index in [1.165, 1.54) is 5.56 Å². The van der Waals surface area contributed by atoms with Gasteiger partial charge in [0.1, 0.15) is 0 Å². The number of nitrogens with one attached hydrogen (secondary N) is 1. The number of amides is 1. The van der Waals surface area contributed by atoms with Crippen LogP contribution >= 0.6 is 0 Å². The molecule has 2 aliphatic rings. The summed E-state index contributed by atoms with van der Waals surface area (Å²) >= 11 is 0. The number of benzene rings is 1. The maximum Gasteiger partial charge on any atom is 0.335 e. The van der Waals surface area contributed by atoms with E-state index in [0.717, 1.165) is 38.5 Å². The van der Waals surface area contributed by atoms with Gasteiger partial charge in [-0.15, -0.1) is 0 Å². The smallest absolute Gasteiger partial charge is 0.335 e. The average molecular weight is 317 g/mol. The zero-order valence-electron chi connectivity index (χ0n) is 13.2. The summed E-state index contributed by atoms with van der Waals surface area (Å²) in [6, 6.07) is 10.2. The maximum atomic E-state index is 11.9. The van der Waals surface area contributed by atoms with E-state index in [0.29, 0.717) is 12.5 Å². The third kappa shape index (κ3) is 4.79. The average Bonchev–Trinajstić information content (AvgIpc) is 3.36. The normalized spacial score (nSPS) is 25.3. The highest BCUT2D eigenvalue weighted by Gasteiger charge is 2.46. The van der Waals surface area contributed by atoms with Crippen molar-refractivity contribution < 1.29 is 19.2 Å². The Balaban J connectivity index is 1.26. The fraction of sp³-hybridized carbons (Fsp3) is 0.556. The van der Waals surface area contributed by atoms with E-state index in [4.69, 9.17) is 9.57 Å². The summed E-state index contributed by atoms with van der Waals surface area (Å²) in [5, 5.41) is 0. The summed E-state index contributed by atoms with van der Waals surface area (Å²) in [4.78, 5) is 28.5. The monoisotopic (exact) mass is 317 g/mol. The van der Waals surface area contributed by atoms with E-state index >= 15 is 0 Å². The highest BCUT2D eigenvalue weighted by Crippen LogP contribution is 2.39. The van der Waals surface area contributed by atoms with E-state index in [-0.39, 0.29) is 23.9 Å². The van der Waals surface area contributed by atoms with Gasteiger partial charge in [0.15, 0.2) is 0 Å². The molecule has 0 radical (unpaired) electrons. The molecule has 2 fully saturated rings. The molecule has 1 saturated heterocycles. The van der Waals surface area contributed by atoms with Gasteiger partial charge in [0, 0.05) is 6.42 Å². The Kier molecular flexibility index (Phi) is 5.28. The van der Waals surface area contributed by atoms with Gasteiger partial charge in [-0.3, -0.25) is 4.79 Å². The Hall–Kier alpha value is -1.88.